The third-order valence-corrected chi connectivity index (χ3v) is 6.66. The molecular formula is C21H26N2O2S. The van der Waals surface area contributed by atoms with Gasteiger partial charge in [0.05, 0.1) is 0 Å². The zero-order chi connectivity index (χ0) is 17.9. The molecule has 2 aliphatic rings. The Morgan fingerprint density at radius 3 is 2.73 bits per heavy atom. The number of hydrogen-bond donors (Lipinski definition) is 0. The Balaban J connectivity index is 1.35. The molecular weight excluding hydrogens is 344 g/mol. The largest absolute Gasteiger partial charge is 0.484 e. The highest BCUT2D eigenvalue weighted by atomic mass is 32.1. The Labute approximate surface area is 159 Å². The minimum Gasteiger partial charge on any atom is -0.484 e. The van der Waals surface area contributed by atoms with Gasteiger partial charge in [0.2, 0.25) is 0 Å². The van der Waals surface area contributed by atoms with Crippen molar-refractivity contribution in [2.45, 2.75) is 51.5 Å². The second-order valence-corrected chi connectivity index (χ2v) is 8.31. The number of thiazole rings is 1. The van der Waals surface area contributed by atoms with Crippen molar-refractivity contribution in [3.63, 3.8) is 0 Å². The van der Waals surface area contributed by atoms with Crippen molar-refractivity contribution in [1.82, 2.24) is 9.88 Å². The third-order valence-electron chi connectivity index (χ3n) is 5.65. The number of fused-ring (bicyclic) bond motifs is 1. The van der Waals surface area contributed by atoms with Crippen molar-refractivity contribution in [3.8, 4) is 16.3 Å². The lowest BCUT2D eigenvalue weighted by Gasteiger charge is -2.44. The van der Waals surface area contributed by atoms with Crippen LogP contribution in [0.5, 0.6) is 5.75 Å². The van der Waals surface area contributed by atoms with Crippen LogP contribution in [-0.4, -0.2) is 35.0 Å². The summed E-state index contributed by atoms with van der Waals surface area (Å²) in [6, 6.07) is 8.33. The number of piperidine rings is 1. The van der Waals surface area contributed by atoms with Crippen molar-refractivity contribution >= 4 is 17.2 Å². The van der Waals surface area contributed by atoms with Gasteiger partial charge in [0.1, 0.15) is 10.8 Å². The molecule has 2 atom stereocenters. The second kappa shape index (κ2) is 7.78. The van der Waals surface area contributed by atoms with Crippen LogP contribution in [0.25, 0.3) is 10.6 Å². The van der Waals surface area contributed by atoms with Gasteiger partial charge in [0, 0.05) is 29.2 Å². The predicted octanol–water partition coefficient (Wildman–Crippen LogP) is 4.68. The van der Waals surface area contributed by atoms with Crippen LogP contribution in [0.4, 0.5) is 0 Å². The van der Waals surface area contributed by atoms with Gasteiger partial charge in [-0.2, -0.15) is 0 Å². The summed E-state index contributed by atoms with van der Waals surface area (Å²) in [6.45, 7) is 3.03. The maximum atomic E-state index is 12.7. The minimum atomic E-state index is 0.138. The van der Waals surface area contributed by atoms with Crippen molar-refractivity contribution in [1.29, 1.82) is 0 Å². The summed E-state index contributed by atoms with van der Waals surface area (Å²) in [5, 5.41) is 3.07. The number of carbonyl (C=O) groups excluding carboxylic acids is 1. The molecule has 4 rings (SSSR count). The molecule has 1 saturated carbocycles. The van der Waals surface area contributed by atoms with Crippen LogP contribution in [0.3, 0.4) is 0 Å². The molecule has 1 aliphatic carbocycles. The monoisotopic (exact) mass is 370 g/mol. The zero-order valence-electron chi connectivity index (χ0n) is 15.3. The van der Waals surface area contributed by atoms with Crippen molar-refractivity contribution in [3.05, 3.63) is 35.3 Å². The molecule has 4 nitrogen and oxygen atoms in total. The lowest BCUT2D eigenvalue weighted by molar-refractivity contribution is -0.139. The van der Waals surface area contributed by atoms with E-state index >= 15 is 0 Å². The van der Waals surface area contributed by atoms with Crippen LogP contribution < -0.4 is 4.74 Å². The van der Waals surface area contributed by atoms with Gasteiger partial charge >= 0.3 is 0 Å². The van der Waals surface area contributed by atoms with E-state index < -0.39 is 0 Å². The van der Waals surface area contributed by atoms with Gasteiger partial charge in [-0.25, -0.2) is 4.98 Å². The first-order valence-corrected chi connectivity index (χ1v) is 10.5. The molecule has 138 valence electrons. The van der Waals surface area contributed by atoms with E-state index in [2.05, 4.69) is 15.3 Å². The summed E-state index contributed by atoms with van der Waals surface area (Å²) >= 11 is 1.64. The van der Waals surface area contributed by atoms with Crippen LogP contribution >= 0.6 is 11.3 Å². The van der Waals surface area contributed by atoms with E-state index in [1.165, 1.54) is 32.1 Å². The number of carbonyl (C=O) groups is 1. The molecule has 0 radical (unpaired) electrons. The maximum Gasteiger partial charge on any atom is 0.260 e. The topological polar surface area (TPSA) is 42.4 Å². The van der Waals surface area contributed by atoms with Gasteiger partial charge in [-0.3, -0.25) is 4.79 Å². The Morgan fingerprint density at radius 2 is 1.96 bits per heavy atom. The highest BCUT2D eigenvalue weighted by Crippen LogP contribution is 2.35. The normalized spacial score (nSPS) is 22.7. The lowest BCUT2D eigenvalue weighted by Crippen LogP contribution is -2.51. The predicted molar refractivity (Wildman–Crippen MR) is 104 cm³/mol. The first-order chi connectivity index (χ1) is 12.7. The molecule has 1 saturated heterocycles. The SMILES string of the molecule is Cc1csc(-c2ccc(OCC(=O)N3CCC[C@H]4CCCC[C@H]43)cc2)n1. The molecule has 2 fully saturated rings. The van der Waals surface area contributed by atoms with E-state index in [1.54, 1.807) is 11.3 Å². The van der Waals surface area contributed by atoms with E-state index in [1.807, 2.05) is 31.2 Å². The van der Waals surface area contributed by atoms with E-state index in [-0.39, 0.29) is 12.5 Å². The van der Waals surface area contributed by atoms with E-state index in [0.717, 1.165) is 35.0 Å². The Hall–Kier alpha value is -1.88. The standard InChI is InChI=1S/C21H26N2O2S/c1-15-14-26-21(22-15)17-8-10-18(11-9-17)25-13-20(24)23-12-4-6-16-5-2-3-7-19(16)23/h8-11,14,16,19H,2-7,12-13H2,1H3/t16-,19-/m1/s1. The number of aryl methyl sites for hydroxylation is 1. The minimum absolute atomic E-state index is 0.138. The summed E-state index contributed by atoms with van der Waals surface area (Å²) in [5.41, 5.74) is 2.13. The van der Waals surface area contributed by atoms with Gasteiger partial charge in [-0.1, -0.05) is 12.8 Å². The average Bonchev–Trinajstić information content (AvgIpc) is 3.12. The first kappa shape index (κ1) is 17.5. The number of nitrogens with zero attached hydrogens (tertiary/aromatic N) is 2. The van der Waals surface area contributed by atoms with Gasteiger partial charge < -0.3 is 9.64 Å². The van der Waals surface area contributed by atoms with Crippen molar-refractivity contribution in [2.24, 2.45) is 5.92 Å². The maximum absolute atomic E-state index is 12.7. The zero-order valence-corrected chi connectivity index (χ0v) is 16.1. The number of aromatic nitrogens is 1. The highest BCUT2D eigenvalue weighted by molar-refractivity contribution is 7.13. The van der Waals surface area contributed by atoms with Crippen LogP contribution in [0.2, 0.25) is 0 Å². The van der Waals surface area contributed by atoms with Crippen molar-refractivity contribution < 1.29 is 9.53 Å². The number of amides is 1. The third kappa shape index (κ3) is 3.78. The molecule has 1 aromatic heterocycles. The summed E-state index contributed by atoms with van der Waals surface area (Å²) in [7, 11) is 0. The molecule has 0 unspecified atom stereocenters. The summed E-state index contributed by atoms with van der Waals surface area (Å²) in [6.07, 6.45) is 7.45. The molecule has 1 amide bonds. The number of hydrogen-bond acceptors (Lipinski definition) is 4. The van der Waals surface area contributed by atoms with Crippen molar-refractivity contribution in [2.75, 3.05) is 13.2 Å². The van der Waals surface area contributed by atoms with Gasteiger partial charge in [-0.05, 0) is 62.8 Å². The van der Waals surface area contributed by atoms with Crippen LogP contribution in [0.15, 0.2) is 29.6 Å². The Bertz CT molecular complexity index is 754. The first-order valence-electron chi connectivity index (χ1n) is 9.65. The Kier molecular flexibility index (Phi) is 5.25. The number of likely N-dealkylation sites (tertiary alicyclic amines) is 1. The Morgan fingerprint density at radius 1 is 1.19 bits per heavy atom. The molecule has 26 heavy (non-hydrogen) atoms. The number of ether oxygens (including phenoxy) is 1. The molecule has 1 aromatic carbocycles. The van der Waals surface area contributed by atoms with Crippen LogP contribution in [-0.2, 0) is 4.79 Å². The fourth-order valence-electron chi connectivity index (χ4n) is 4.34. The molecule has 0 bridgehead atoms. The van der Waals surface area contributed by atoms with Gasteiger partial charge in [0.15, 0.2) is 6.61 Å². The molecule has 5 heteroatoms. The van der Waals surface area contributed by atoms with Crippen LogP contribution in [0, 0.1) is 12.8 Å². The van der Waals surface area contributed by atoms with Crippen LogP contribution in [0.1, 0.15) is 44.2 Å². The second-order valence-electron chi connectivity index (χ2n) is 7.45. The quantitative estimate of drug-likeness (QED) is 0.785. The molecule has 0 N–H and O–H groups in total. The summed E-state index contributed by atoms with van der Waals surface area (Å²) < 4.78 is 5.79. The smallest absolute Gasteiger partial charge is 0.260 e. The van der Waals surface area contributed by atoms with Gasteiger partial charge in [-0.15, -0.1) is 11.3 Å². The highest BCUT2D eigenvalue weighted by Gasteiger charge is 2.35. The average molecular weight is 371 g/mol. The number of rotatable bonds is 4. The summed E-state index contributed by atoms with van der Waals surface area (Å²) in [4.78, 5) is 19.3. The fraction of sp³-hybridized carbons (Fsp3) is 0.524. The molecule has 0 spiro atoms. The van der Waals surface area contributed by atoms with E-state index in [4.69, 9.17) is 4.74 Å². The fourth-order valence-corrected chi connectivity index (χ4v) is 5.15. The molecule has 1 aliphatic heterocycles. The van der Waals surface area contributed by atoms with E-state index in [9.17, 15) is 4.79 Å². The van der Waals surface area contributed by atoms with Gasteiger partial charge in [0.25, 0.3) is 5.91 Å². The number of benzene rings is 1. The lowest BCUT2D eigenvalue weighted by atomic mass is 9.78. The summed E-state index contributed by atoms with van der Waals surface area (Å²) in [5.74, 6) is 1.59. The molecule has 2 heterocycles. The van der Waals surface area contributed by atoms with E-state index in [0.29, 0.717) is 12.0 Å². The molecule has 2 aromatic rings.